The first-order valence-electron chi connectivity index (χ1n) is 2.81. The van der Waals surface area contributed by atoms with Crippen molar-refractivity contribution < 1.29 is 5.11 Å². The topological polar surface area (TPSA) is 74.9 Å². The smallest absolute Gasteiger partial charge is 0.129 e. The number of H-pyrrole nitrogens is 1. The lowest BCUT2D eigenvalue weighted by Gasteiger charge is -2.03. The zero-order valence-electron chi connectivity index (χ0n) is 5.21. The molecule has 0 aromatic carbocycles. The molecule has 0 fully saturated rings. The van der Waals surface area contributed by atoms with Gasteiger partial charge < -0.3 is 10.8 Å². The van der Waals surface area contributed by atoms with Gasteiger partial charge in [-0.3, -0.25) is 5.10 Å². The molecule has 1 atom stereocenters. The van der Waals surface area contributed by atoms with Gasteiger partial charge in [-0.25, -0.2) is 0 Å². The Morgan fingerprint density at radius 1 is 1.90 bits per heavy atom. The zero-order chi connectivity index (χ0) is 7.56. The number of nitrogens with zero attached hydrogens (tertiary/aromatic N) is 1. The average molecular weight is 162 g/mol. The van der Waals surface area contributed by atoms with Crippen molar-refractivity contribution in [3.8, 4) is 0 Å². The van der Waals surface area contributed by atoms with Gasteiger partial charge in [0.25, 0.3) is 0 Å². The van der Waals surface area contributed by atoms with Crippen LogP contribution in [-0.2, 0) is 0 Å². The lowest BCUT2D eigenvalue weighted by atomic mass is 10.2. The molecule has 0 bridgehead atoms. The van der Waals surface area contributed by atoms with Crippen molar-refractivity contribution in [1.82, 2.24) is 10.2 Å². The maximum absolute atomic E-state index is 8.61. The second-order valence-corrected chi connectivity index (χ2v) is 2.31. The maximum atomic E-state index is 8.61. The lowest BCUT2D eigenvalue weighted by molar-refractivity contribution is 0.268. The highest BCUT2D eigenvalue weighted by Gasteiger charge is 2.09. The second kappa shape index (κ2) is 3.01. The molecule has 4 nitrogen and oxygen atoms in total. The van der Waals surface area contributed by atoms with E-state index in [1.165, 1.54) is 6.20 Å². The number of nitrogens with one attached hydrogen (secondary N) is 1. The van der Waals surface area contributed by atoms with Gasteiger partial charge >= 0.3 is 0 Å². The third-order valence-electron chi connectivity index (χ3n) is 1.22. The highest BCUT2D eigenvalue weighted by molar-refractivity contribution is 6.30. The first-order chi connectivity index (χ1) is 4.75. The molecule has 0 spiro atoms. The zero-order valence-corrected chi connectivity index (χ0v) is 5.97. The van der Waals surface area contributed by atoms with E-state index in [4.69, 9.17) is 22.4 Å². The minimum absolute atomic E-state index is 0.126. The Kier molecular flexibility index (Phi) is 2.26. The normalized spacial score (nSPS) is 13.5. The van der Waals surface area contributed by atoms with E-state index in [1.54, 1.807) is 0 Å². The summed E-state index contributed by atoms with van der Waals surface area (Å²) in [4.78, 5) is 0. The van der Waals surface area contributed by atoms with Crippen LogP contribution in [-0.4, -0.2) is 21.9 Å². The number of rotatable bonds is 2. The molecule has 0 saturated heterocycles. The number of aromatic nitrogens is 2. The first-order valence-corrected chi connectivity index (χ1v) is 3.18. The van der Waals surface area contributed by atoms with Crippen LogP contribution in [0.5, 0.6) is 0 Å². The fraction of sp³-hybridized carbons (Fsp3) is 0.400. The molecule has 0 amide bonds. The van der Waals surface area contributed by atoms with Gasteiger partial charge in [0.1, 0.15) is 5.15 Å². The minimum Gasteiger partial charge on any atom is -0.394 e. The van der Waals surface area contributed by atoms with E-state index in [0.717, 1.165) is 0 Å². The molecule has 0 aliphatic heterocycles. The van der Waals surface area contributed by atoms with E-state index in [9.17, 15) is 0 Å². The molecule has 1 aromatic rings. The molecule has 0 aliphatic carbocycles. The summed E-state index contributed by atoms with van der Waals surface area (Å²) in [5, 5.41) is 15.1. The van der Waals surface area contributed by atoms with Crippen LogP contribution in [0.2, 0.25) is 5.15 Å². The van der Waals surface area contributed by atoms with Gasteiger partial charge in [-0.1, -0.05) is 11.6 Å². The summed E-state index contributed by atoms with van der Waals surface area (Å²) < 4.78 is 0. The van der Waals surface area contributed by atoms with Crippen molar-refractivity contribution in [3.63, 3.8) is 0 Å². The van der Waals surface area contributed by atoms with Gasteiger partial charge in [-0.05, 0) is 0 Å². The quantitative estimate of drug-likeness (QED) is 0.574. The van der Waals surface area contributed by atoms with E-state index in [1.807, 2.05) is 0 Å². The molecule has 0 saturated carbocycles. The van der Waals surface area contributed by atoms with E-state index in [-0.39, 0.29) is 6.61 Å². The number of hydrogen-bond donors (Lipinski definition) is 3. The van der Waals surface area contributed by atoms with Gasteiger partial charge in [0, 0.05) is 5.56 Å². The molecule has 1 unspecified atom stereocenters. The monoisotopic (exact) mass is 161 g/mol. The molecule has 0 radical (unpaired) electrons. The molecule has 5 heteroatoms. The van der Waals surface area contributed by atoms with Crippen molar-refractivity contribution >= 4 is 11.6 Å². The van der Waals surface area contributed by atoms with E-state index in [2.05, 4.69) is 10.2 Å². The summed E-state index contributed by atoms with van der Waals surface area (Å²) in [7, 11) is 0. The molecule has 4 N–H and O–H groups in total. The van der Waals surface area contributed by atoms with E-state index < -0.39 is 6.04 Å². The first kappa shape index (κ1) is 7.53. The van der Waals surface area contributed by atoms with Crippen molar-refractivity contribution in [3.05, 3.63) is 16.9 Å². The summed E-state index contributed by atoms with van der Waals surface area (Å²) >= 11 is 5.60. The van der Waals surface area contributed by atoms with Gasteiger partial charge in [0.2, 0.25) is 0 Å². The van der Waals surface area contributed by atoms with Crippen molar-refractivity contribution in [2.75, 3.05) is 6.61 Å². The Balaban J connectivity index is 2.82. The predicted molar refractivity (Wildman–Crippen MR) is 37.6 cm³/mol. The largest absolute Gasteiger partial charge is 0.394 e. The standard InChI is InChI=1S/C5H8ClN3O/c6-5-3(1-8-9-5)4(7)2-10/h1,4,10H,2,7H2,(H,8,9). The van der Waals surface area contributed by atoms with Crippen LogP contribution in [0, 0.1) is 0 Å². The van der Waals surface area contributed by atoms with Crippen LogP contribution < -0.4 is 5.73 Å². The van der Waals surface area contributed by atoms with E-state index in [0.29, 0.717) is 10.7 Å². The molecule has 1 rings (SSSR count). The number of aliphatic hydroxyl groups excluding tert-OH is 1. The van der Waals surface area contributed by atoms with Crippen LogP contribution in [0.4, 0.5) is 0 Å². The van der Waals surface area contributed by atoms with Crippen LogP contribution in [0.25, 0.3) is 0 Å². The molecule has 0 aliphatic rings. The third kappa shape index (κ3) is 1.29. The van der Waals surface area contributed by atoms with Gasteiger partial charge in [0.05, 0.1) is 18.8 Å². The number of aliphatic hydroxyl groups is 1. The fourth-order valence-corrected chi connectivity index (χ4v) is 0.874. The summed E-state index contributed by atoms with van der Waals surface area (Å²) in [5.74, 6) is 0. The number of nitrogens with two attached hydrogens (primary N) is 1. The van der Waals surface area contributed by atoms with Crippen molar-refractivity contribution in [2.45, 2.75) is 6.04 Å². The SMILES string of the molecule is NC(CO)c1cn[nH]c1Cl. The van der Waals surface area contributed by atoms with Crippen molar-refractivity contribution in [1.29, 1.82) is 0 Å². The minimum atomic E-state index is -0.439. The molecule has 10 heavy (non-hydrogen) atoms. The highest BCUT2D eigenvalue weighted by Crippen LogP contribution is 2.16. The lowest BCUT2D eigenvalue weighted by Crippen LogP contribution is -2.13. The number of aromatic amines is 1. The van der Waals surface area contributed by atoms with Crippen molar-refractivity contribution in [2.24, 2.45) is 5.73 Å². The second-order valence-electron chi connectivity index (χ2n) is 1.93. The van der Waals surface area contributed by atoms with Crippen LogP contribution >= 0.6 is 11.6 Å². The molecular weight excluding hydrogens is 154 g/mol. The summed E-state index contributed by atoms with van der Waals surface area (Å²) in [5.41, 5.74) is 6.09. The van der Waals surface area contributed by atoms with Gasteiger partial charge in [-0.2, -0.15) is 5.10 Å². The van der Waals surface area contributed by atoms with Gasteiger partial charge in [0.15, 0.2) is 0 Å². The Morgan fingerprint density at radius 2 is 2.60 bits per heavy atom. The average Bonchev–Trinajstić information content (AvgIpc) is 2.34. The van der Waals surface area contributed by atoms with E-state index >= 15 is 0 Å². The molecule has 56 valence electrons. The Morgan fingerprint density at radius 3 is 3.00 bits per heavy atom. The molecule has 1 heterocycles. The summed E-state index contributed by atoms with van der Waals surface area (Å²) in [6.07, 6.45) is 1.50. The summed E-state index contributed by atoms with van der Waals surface area (Å²) in [6.45, 7) is -0.126. The molecule has 1 aromatic heterocycles. The van der Waals surface area contributed by atoms with Crippen LogP contribution in [0.15, 0.2) is 6.20 Å². The van der Waals surface area contributed by atoms with Crippen LogP contribution in [0.1, 0.15) is 11.6 Å². The Bertz CT molecular complexity index is 212. The maximum Gasteiger partial charge on any atom is 0.129 e. The Hall–Kier alpha value is -0.580. The Labute approximate surface area is 63.0 Å². The molecular formula is C5H8ClN3O. The number of hydrogen-bond acceptors (Lipinski definition) is 3. The third-order valence-corrected chi connectivity index (χ3v) is 1.52. The summed E-state index contributed by atoms with van der Waals surface area (Å²) in [6, 6.07) is -0.439. The van der Waals surface area contributed by atoms with Gasteiger partial charge in [-0.15, -0.1) is 0 Å². The predicted octanol–water partition coefficient (Wildman–Crippen LogP) is 0.0552. The van der Waals surface area contributed by atoms with Crippen LogP contribution in [0.3, 0.4) is 0 Å². The highest BCUT2D eigenvalue weighted by atomic mass is 35.5. The number of halogens is 1. The fourth-order valence-electron chi connectivity index (χ4n) is 0.637.